The van der Waals surface area contributed by atoms with E-state index in [4.69, 9.17) is 9.84 Å². The first-order valence-electron chi connectivity index (χ1n) is 4.72. The van der Waals surface area contributed by atoms with Gasteiger partial charge in [0.25, 0.3) is 0 Å². The molecule has 0 radical (unpaired) electrons. The van der Waals surface area contributed by atoms with Gasteiger partial charge in [0.2, 0.25) is 0 Å². The molecule has 3 unspecified atom stereocenters. The molecule has 2 heterocycles. The third-order valence-corrected chi connectivity index (χ3v) is 3.03. The first-order chi connectivity index (χ1) is 6.16. The normalized spacial score (nSPS) is 39.3. The van der Waals surface area contributed by atoms with E-state index in [0.717, 1.165) is 19.3 Å². The van der Waals surface area contributed by atoms with E-state index in [0.29, 0.717) is 0 Å². The number of carboxylic acid groups (broad SMARTS) is 1. The largest absolute Gasteiger partial charge is 0.481 e. The van der Waals surface area contributed by atoms with Gasteiger partial charge in [-0.3, -0.25) is 4.79 Å². The second kappa shape index (κ2) is 3.27. The summed E-state index contributed by atoms with van der Waals surface area (Å²) in [4.78, 5) is 10.4. The smallest absolute Gasteiger partial charge is 0.305 e. The summed E-state index contributed by atoms with van der Waals surface area (Å²) in [5, 5.41) is 18.1. The third kappa shape index (κ3) is 1.69. The number of aliphatic hydroxyl groups is 1. The highest BCUT2D eigenvalue weighted by molar-refractivity contribution is 5.67. The molecule has 2 bridgehead atoms. The van der Waals surface area contributed by atoms with Gasteiger partial charge in [0, 0.05) is 5.92 Å². The molecular formula is C9H14O4. The van der Waals surface area contributed by atoms with E-state index >= 15 is 0 Å². The zero-order valence-electron chi connectivity index (χ0n) is 7.35. The van der Waals surface area contributed by atoms with Gasteiger partial charge in [-0.2, -0.15) is 0 Å². The monoisotopic (exact) mass is 186 g/mol. The van der Waals surface area contributed by atoms with Crippen LogP contribution in [0.25, 0.3) is 0 Å². The molecule has 0 aromatic carbocycles. The number of hydrogen-bond donors (Lipinski definition) is 2. The van der Waals surface area contributed by atoms with Gasteiger partial charge < -0.3 is 14.9 Å². The lowest BCUT2D eigenvalue weighted by atomic mass is 9.84. The van der Waals surface area contributed by atoms with Crippen molar-refractivity contribution in [2.45, 2.75) is 44.0 Å². The zero-order chi connectivity index (χ0) is 9.42. The fourth-order valence-electron chi connectivity index (χ4n) is 2.41. The third-order valence-electron chi connectivity index (χ3n) is 3.03. The summed E-state index contributed by atoms with van der Waals surface area (Å²) in [6, 6.07) is 0. The van der Waals surface area contributed by atoms with Crippen molar-refractivity contribution in [3.8, 4) is 0 Å². The molecule has 13 heavy (non-hydrogen) atoms. The number of ether oxygens (including phenoxy) is 1. The fraction of sp³-hybridized carbons (Fsp3) is 0.889. The molecule has 2 aliphatic heterocycles. The Kier molecular flexibility index (Phi) is 2.26. The van der Waals surface area contributed by atoms with Gasteiger partial charge in [-0.15, -0.1) is 0 Å². The van der Waals surface area contributed by atoms with E-state index in [1.165, 1.54) is 0 Å². The van der Waals surface area contributed by atoms with Crippen LogP contribution in [0.15, 0.2) is 0 Å². The molecule has 2 N–H and O–H groups in total. The standard InChI is InChI=1S/C9H14O4/c10-7(4-9(11)12)6-3-5-1-2-8(6)13-5/h5-8,10H,1-4H2,(H,11,12)/t5?,6?,7-,8?/m0/s1. The van der Waals surface area contributed by atoms with Crippen LogP contribution in [0.4, 0.5) is 0 Å². The van der Waals surface area contributed by atoms with Gasteiger partial charge >= 0.3 is 5.97 Å². The maximum atomic E-state index is 10.4. The van der Waals surface area contributed by atoms with Crippen LogP contribution in [0.1, 0.15) is 25.7 Å². The summed E-state index contributed by atoms with van der Waals surface area (Å²) in [5.41, 5.74) is 0. The Labute approximate surface area is 76.5 Å². The van der Waals surface area contributed by atoms with E-state index in [1.54, 1.807) is 0 Å². The van der Waals surface area contributed by atoms with Crippen molar-refractivity contribution in [1.29, 1.82) is 0 Å². The average molecular weight is 186 g/mol. The van der Waals surface area contributed by atoms with Gasteiger partial charge in [0.05, 0.1) is 24.7 Å². The van der Waals surface area contributed by atoms with Crippen LogP contribution in [0, 0.1) is 5.92 Å². The topological polar surface area (TPSA) is 66.8 Å². The SMILES string of the molecule is O=C(O)C[C@H](O)C1CC2CCC1O2. The molecule has 0 aromatic heterocycles. The number of rotatable bonds is 3. The molecule has 2 saturated heterocycles. The summed E-state index contributed by atoms with van der Waals surface area (Å²) in [6.07, 6.45) is 2.38. The maximum absolute atomic E-state index is 10.4. The van der Waals surface area contributed by atoms with Crippen molar-refractivity contribution in [3.05, 3.63) is 0 Å². The number of hydrogen-bond acceptors (Lipinski definition) is 3. The number of carboxylic acids is 1. The summed E-state index contributed by atoms with van der Waals surface area (Å²) in [7, 11) is 0. The minimum absolute atomic E-state index is 0.0508. The molecule has 0 aliphatic carbocycles. The lowest BCUT2D eigenvalue weighted by Crippen LogP contribution is -2.31. The molecule has 2 aliphatic rings. The summed E-state index contributed by atoms with van der Waals surface area (Å²) in [6.45, 7) is 0. The van der Waals surface area contributed by atoms with Crippen molar-refractivity contribution in [1.82, 2.24) is 0 Å². The van der Waals surface area contributed by atoms with Crippen LogP contribution < -0.4 is 0 Å². The number of aliphatic carboxylic acids is 1. The summed E-state index contributed by atoms with van der Waals surface area (Å²) < 4.78 is 5.53. The fourth-order valence-corrected chi connectivity index (χ4v) is 2.41. The highest BCUT2D eigenvalue weighted by atomic mass is 16.5. The second-order valence-corrected chi connectivity index (χ2v) is 3.94. The highest BCUT2D eigenvalue weighted by Gasteiger charge is 2.44. The van der Waals surface area contributed by atoms with Crippen LogP contribution in [0.2, 0.25) is 0 Å². The molecule has 0 saturated carbocycles. The molecule has 2 fully saturated rings. The van der Waals surface area contributed by atoms with E-state index in [2.05, 4.69) is 0 Å². The van der Waals surface area contributed by atoms with Crippen molar-refractivity contribution in [2.75, 3.05) is 0 Å². The maximum Gasteiger partial charge on any atom is 0.305 e. The van der Waals surface area contributed by atoms with Crippen LogP contribution in [0.3, 0.4) is 0 Å². The Hall–Kier alpha value is -0.610. The molecular weight excluding hydrogens is 172 g/mol. The number of fused-ring (bicyclic) bond motifs is 2. The molecule has 4 heteroatoms. The Morgan fingerprint density at radius 2 is 2.31 bits per heavy atom. The minimum atomic E-state index is -0.935. The van der Waals surface area contributed by atoms with E-state index in [1.807, 2.05) is 0 Å². The molecule has 74 valence electrons. The van der Waals surface area contributed by atoms with Crippen molar-refractivity contribution >= 4 is 5.97 Å². The Bertz CT molecular complexity index is 216. The van der Waals surface area contributed by atoms with E-state index in [-0.39, 0.29) is 24.5 Å². The molecule has 4 atom stereocenters. The van der Waals surface area contributed by atoms with Gasteiger partial charge in [-0.1, -0.05) is 0 Å². The molecule has 4 nitrogen and oxygen atoms in total. The molecule has 0 amide bonds. The Morgan fingerprint density at radius 1 is 1.54 bits per heavy atom. The summed E-state index contributed by atoms with van der Waals surface area (Å²) >= 11 is 0. The first-order valence-corrected chi connectivity index (χ1v) is 4.72. The number of aliphatic hydroxyl groups excluding tert-OH is 1. The van der Waals surface area contributed by atoms with Crippen LogP contribution in [-0.4, -0.2) is 34.5 Å². The predicted molar refractivity (Wildman–Crippen MR) is 44.3 cm³/mol. The van der Waals surface area contributed by atoms with E-state index in [9.17, 15) is 9.90 Å². The minimum Gasteiger partial charge on any atom is -0.481 e. The van der Waals surface area contributed by atoms with Gasteiger partial charge in [0.1, 0.15) is 0 Å². The lowest BCUT2D eigenvalue weighted by Gasteiger charge is -2.22. The Morgan fingerprint density at radius 3 is 2.77 bits per heavy atom. The van der Waals surface area contributed by atoms with Crippen molar-refractivity contribution < 1.29 is 19.7 Å². The summed E-state index contributed by atoms with van der Waals surface area (Å²) in [5.74, 6) is -0.884. The predicted octanol–water partition coefficient (Wildman–Crippen LogP) is 0.389. The average Bonchev–Trinajstić information content (AvgIpc) is 2.62. The Balaban J connectivity index is 1.91. The van der Waals surface area contributed by atoms with Crippen molar-refractivity contribution in [3.63, 3.8) is 0 Å². The molecule has 0 spiro atoms. The lowest BCUT2D eigenvalue weighted by molar-refractivity contribution is -0.140. The van der Waals surface area contributed by atoms with Crippen LogP contribution >= 0.6 is 0 Å². The first kappa shape index (κ1) is 8.97. The van der Waals surface area contributed by atoms with Gasteiger partial charge in [-0.25, -0.2) is 0 Å². The molecule has 2 rings (SSSR count). The van der Waals surface area contributed by atoms with Crippen LogP contribution in [0.5, 0.6) is 0 Å². The number of carbonyl (C=O) groups is 1. The highest BCUT2D eigenvalue weighted by Crippen LogP contribution is 2.40. The second-order valence-electron chi connectivity index (χ2n) is 3.94. The molecule has 0 aromatic rings. The van der Waals surface area contributed by atoms with Gasteiger partial charge in [0.15, 0.2) is 0 Å². The van der Waals surface area contributed by atoms with E-state index < -0.39 is 12.1 Å². The van der Waals surface area contributed by atoms with Crippen LogP contribution in [-0.2, 0) is 9.53 Å². The van der Waals surface area contributed by atoms with Crippen molar-refractivity contribution in [2.24, 2.45) is 5.92 Å². The zero-order valence-corrected chi connectivity index (χ0v) is 7.35. The quantitative estimate of drug-likeness (QED) is 0.669. The van der Waals surface area contributed by atoms with Gasteiger partial charge in [-0.05, 0) is 19.3 Å².